The third-order valence-corrected chi connectivity index (χ3v) is 3.43. The van der Waals surface area contributed by atoms with Crippen molar-refractivity contribution in [1.29, 1.82) is 0 Å². The van der Waals surface area contributed by atoms with Crippen LogP contribution in [-0.2, 0) is 9.47 Å². The fourth-order valence-corrected chi connectivity index (χ4v) is 2.23. The van der Waals surface area contributed by atoms with E-state index in [9.17, 15) is 8.78 Å². The second-order valence-electron chi connectivity index (χ2n) is 4.75. The van der Waals surface area contributed by atoms with Gasteiger partial charge >= 0.3 is 0 Å². The third kappa shape index (κ3) is 3.87. The SMILES string of the molecule is CC1(C)OC[C@H](COc2ccc(Br)c(C(F)F)c2)O1. The predicted octanol–water partition coefficient (Wildman–Crippen LogP) is 3.92. The van der Waals surface area contributed by atoms with Crippen molar-refractivity contribution in [3.8, 4) is 5.75 Å². The molecule has 1 aliphatic heterocycles. The molecule has 1 saturated heterocycles. The summed E-state index contributed by atoms with van der Waals surface area (Å²) in [6.45, 7) is 4.35. The first-order valence-corrected chi connectivity index (χ1v) is 6.69. The Labute approximate surface area is 119 Å². The highest BCUT2D eigenvalue weighted by Crippen LogP contribution is 2.31. The Balaban J connectivity index is 1.95. The molecule has 106 valence electrons. The van der Waals surface area contributed by atoms with Crippen LogP contribution in [-0.4, -0.2) is 25.1 Å². The molecule has 1 aromatic rings. The zero-order chi connectivity index (χ0) is 14.0. The van der Waals surface area contributed by atoms with Gasteiger partial charge in [-0.25, -0.2) is 8.78 Å². The van der Waals surface area contributed by atoms with Crippen LogP contribution in [0.3, 0.4) is 0 Å². The Morgan fingerprint density at radius 2 is 2.21 bits per heavy atom. The van der Waals surface area contributed by atoms with Crippen molar-refractivity contribution in [2.75, 3.05) is 13.2 Å². The summed E-state index contributed by atoms with van der Waals surface area (Å²) >= 11 is 3.08. The Kier molecular flexibility index (Phi) is 4.43. The lowest BCUT2D eigenvalue weighted by atomic mass is 10.2. The van der Waals surface area contributed by atoms with Crippen LogP contribution in [0, 0.1) is 0 Å². The number of alkyl halides is 2. The van der Waals surface area contributed by atoms with E-state index in [1.54, 1.807) is 12.1 Å². The van der Waals surface area contributed by atoms with E-state index >= 15 is 0 Å². The molecular formula is C13H15BrF2O3. The summed E-state index contributed by atoms with van der Waals surface area (Å²) in [7, 11) is 0. The van der Waals surface area contributed by atoms with Gasteiger partial charge in [0, 0.05) is 10.0 Å². The molecule has 0 unspecified atom stereocenters. The van der Waals surface area contributed by atoms with Gasteiger partial charge in [0.2, 0.25) is 0 Å². The molecule has 1 heterocycles. The van der Waals surface area contributed by atoms with E-state index in [1.165, 1.54) is 6.07 Å². The van der Waals surface area contributed by atoms with Crippen LogP contribution in [0.15, 0.2) is 22.7 Å². The quantitative estimate of drug-likeness (QED) is 0.834. The average Bonchev–Trinajstić information content (AvgIpc) is 2.67. The summed E-state index contributed by atoms with van der Waals surface area (Å²) in [5.74, 6) is -0.214. The van der Waals surface area contributed by atoms with Gasteiger partial charge in [0.1, 0.15) is 18.5 Å². The van der Waals surface area contributed by atoms with Gasteiger partial charge < -0.3 is 14.2 Å². The second-order valence-corrected chi connectivity index (χ2v) is 5.60. The van der Waals surface area contributed by atoms with E-state index in [0.717, 1.165) is 0 Å². The lowest BCUT2D eigenvalue weighted by Gasteiger charge is -2.17. The van der Waals surface area contributed by atoms with Gasteiger partial charge in [0.15, 0.2) is 5.79 Å². The number of rotatable bonds is 4. The number of halogens is 3. The van der Waals surface area contributed by atoms with Crippen molar-refractivity contribution in [3.05, 3.63) is 28.2 Å². The third-order valence-electron chi connectivity index (χ3n) is 2.71. The van der Waals surface area contributed by atoms with Gasteiger partial charge in [-0.05, 0) is 32.0 Å². The van der Waals surface area contributed by atoms with E-state index < -0.39 is 12.2 Å². The van der Waals surface area contributed by atoms with Gasteiger partial charge in [-0.15, -0.1) is 0 Å². The van der Waals surface area contributed by atoms with Gasteiger partial charge in [-0.1, -0.05) is 15.9 Å². The Morgan fingerprint density at radius 1 is 1.47 bits per heavy atom. The molecule has 6 heteroatoms. The summed E-state index contributed by atoms with van der Waals surface area (Å²) < 4.78 is 42.2. The number of benzene rings is 1. The molecule has 1 fully saturated rings. The van der Waals surface area contributed by atoms with Crippen molar-refractivity contribution in [1.82, 2.24) is 0 Å². The number of ether oxygens (including phenoxy) is 3. The summed E-state index contributed by atoms with van der Waals surface area (Å²) in [5, 5.41) is 0. The molecule has 0 aromatic heterocycles. The lowest BCUT2D eigenvalue weighted by Crippen LogP contribution is -2.25. The molecule has 2 rings (SSSR count). The summed E-state index contributed by atoms with van der Waals surface area (Å²) in [6, 6.07) is 4.51. The van der Waals surface area contributed by atoms with Crippen LogP contribution in [0.25, 0.3) is 0 Å². The van der Waals surface area contributed by atoms with Crippen molar-refractivity contribution in [2.24, 2.45) is 0 Å². The first-order valence-electron chi connectivity index (χ1n) is 5.89. The van der Waals surface area contributed by atoms with E-state index in [2.05, 4.69) is 15.9 Å². The zero-order valence-electron chi connectivity index (χ0n) is 10.7. The van der Waals surface area contributed by atoms with Crippen molar-refractivity contribution < 1.29 is 23.0 Å². The fraction of sp³-hybridized carbons (Fsp3) is 0.538. The fourth-order valence-electron chi connectivity index (χ4n) is 1.81. The van der Waals surface area contributed by atoms with Crippen molar-refractivity contribution >= 4 is 15.9 Å². The first-order chi connectivity index (χ1) is 8.87. The van der Waals surface area contributed by atoms with Gasteiger partial charge in [-0.2, -0.15) is 0 Å². The Hall–Kier alpha value is -0.720. The highest BCUT2D eigenvalue weighted by atomic mass is 79.9. The standard InChI is InChI=1S/C13H15BrF2O3/c1-13(2)18-7-9(19-13)6-17-8-3-4-11(14)10(5-8)12(15)16/h3-5,9,12H,6-7H2,1-2H3/t9-/m0/s1. The van der Waals surface area contributed by atoms with Crippen LogP contribution in [0.5, 0.6) is 5.75 Å². The summed E-state index contributed by atoms with van der Waals surface area (Å²) in [4.78, 5) is 0. The number of hydrogen-bond donors (Lipinski definition) is 0. The minimum atomic E-state index is -2.54. The average molecular weight is 337 g/mol. The molecule has 0 N–H and O–H groups in total. The highest BCUT2D eigenvalue weighted by molar-refractivity contribution is 9.10. The molecule has 3 nitrogen and oxygen atoms in total. The lowest BCUT2D eigenvalue weighted by molar-refractivity contribution is -0.141. The van der Waals surface area contributed by atoms with Gasteiger partial charge in [0.25, 0.3) is 6.43 Å². The van der Waals surface area contributed by atoms with E-state index in [-0.39, 0.29) is 18.3 Å². The summed E-state index contributed by atoms with van der Waals surface area (Å²) in [5.41, 5.74) is -0.0820. The normalized spacial score (nSPS) is 21.9. The minimum absolute atomic E-state index is 0.0820. The van der Waals surface area contributed by atoms with Crippen molar-refractivity contribution in [2.45, 2.75) is 32.2 Å². The maximum Gasteiger partial charge on any atom is 0.265 e. The molecule has 1 aromatic carbocycles. The molecule has 0 aliphatic carbocycles. The Morgan fingerprint density at radius 3 is 2.79 bits per heavy atom. The van der Waals surface area contributed by atoms with E-state index in [0.29, 0.717) is 16.8 Å². The molecule has 0 radical (unpaired) electrons. The van der Waals surface area contributed by atoms with Crippen LogP contribution < -0.4 is 4.74 Å². The molecule has 0 saturated carbocycles. The summed E-state index contributed by atoms with van der Waals surface area (Å²) in [6.07, 6.45) is -2.73. The number of hydrogen-bond acceptors (Lipinski definition) is 3. The van der Waals surface area contributed by atoms with Crippen LogP contribution in [0.2, 0.25) is 0 Å². The predicted molar refractivity (Wildman–Crippen MR) is 69.5 cm³/mol. The maximum atomic E-state index is 12.7. The molecule has 0 spiro atoms. The van der Waals surface area contributed by atoms with Crippen molar-refractivity contribution in [3.63, 3.8) is 0 Å². The van der Waals surface area contributed by atoms with Gasteiger partial charge in [-0.3, -0.25) is 0 Å². The topological polar surface area (TPSA) is 27.7 Å². The molecule has 1 atom stereocenters. The van der Waals surface area contributed by atoms with E-state index in [1.807, 2.05) is 13.8 Å². The van der Waals surface area contributed by atoms with Crippen LogP contribution in [0.4, 0.5) is 8.78 Å². The molecule has 0 amide bonds. The van der Waals surface area contributed by atoms with Gasteiger partial charge in [0.05, 0.1) is 6.61 Å². The van der Waals surface area contributed by atoms with Crippen LogP contribution in [0.1, 0.15) is 25.8 Å². The second kappa shape index (κ2) is 5.73. The zero-order valence-corrected chi connectivity index (χ0v) is 12.2. The van der Waals surface area contributed by atoms with Crippen LogP contribution >= 0.6 is 15.9 Å². The molecular weight excluding hydrogens is 322 g/mol. The molecule has 1 aliphatic rings. The molecule has 0 bridgehead atoms. The Bertz CT molecular complexity index is 452. The smallest absolute Gasteiger partial charge is 0.265 e. The minimum Gasteiger partial charge on any atom is -0.491 e. The molecule has 19 heavy (non-hydrogen) atoms. The largest absolute Gasteiger partial charge is 0.491 e. The highest BCUT2D eigenvalue weighted by Gasteiger charge is 2.33. The first kappa shape index (κ1) is 14.7. The maximum absolute atomic E-state index is 12.7. The monoisotopic (exact) mass is 336 g/mol. The van der Waals surface area contributed by atoms with E-state index in [4.69, 9.17) is 14.2 Å².